The van der Waals surface area contributed by atoms with Crippen LogP contribution in [0.3, 0.4) is 0 Å². The molecule has 1 aliphatic carbocycles. The Morgan fingerprint density at radius 2 is 1.71 bits per heavy atom. The Bertz CT molecular complexity index is 1050. The number of carbonyl (C=O) groups excluding carboxylic acids is 3. The Morgan fingerprint density at radius 1 is 1.05 bits per heavy atom. The van der Waals surface area contributed by atoms with E-state index in [1.54, 1.807) is 16.0 Å². The molecule has 10 heteroatoms. The number of carbonyl (C=O) groups is 3. The number of hydrogen-bond acceptors (Lipinski definition) is 6. The summed E-state index contributed by atoms with van der Waals surface area (Å²) in [6, 6.07) is 7.76. The van der Waals surface area contributed by atoms with E-state index in [2.05, 4.69) is 14.9 Å². The standard InChI is InChI=1S/C16H28N2O4.C12H13N3O/c1-16(2,3)22-15(20)18-11-9-17(10-12-18)14(19)21-13-7-5-4-6-8-13;1-10-13-5-6-15(10)8-11-3-2-4-12(7-11)14-9-16/h13H,4-12H2,1-3H3;2-7,9H,8H2,1H3,(H,14,16). The van der Waals surface area contributed by atoms with Crippen molar-refractivity contribution < 1.29 is 23.9 Å². The normalized spacial score (nSPS) is 16.2. The molecule has 2 aliphatic rings. The van der Waals surface area contributed by atoms with Crippen LogP contribution in [0.5, 0.6) is 0 Å². The third-order valence-electron chi connectivity index (χ3n) is 6.44. The van der Waals surface area contributed by atoms with Gasteiger partial charge < -0.3 is 29.2 Å². The zero-order chi connectivity index (χ0) is 27.5. The molecule has 1 aromatic carbocycles. The molecular formula is C28H41N5O5. The van der Waals surface area contributed by atoms with Gasteiger partial charge in [0, 0.05) is 50.8 Å². The van der Waals surface area contributed by atoms with Gasteiger partial charge in [0.1, 0.15) is 17.5 Å². The van der Waals surface area contributed by atoms with Crippen LogP contribution in [-0.2, 0) is 20.8 Å². The highest BCUT2D eigenvalue weighted by molar-refractivity contribution is 5.71. The highest BCUT2D eigenvalue weighted by Gasteiger charge is 2.29. The monoisotopic (exact) mass is 527 g/mol. The highest BCUT2D eigenvalue weighted by atomic mass is 16.6. The molecule has 0 atom stereocenters. The number of benzene rings is 1. The second kappa shape index (κ2) is 13.8. The zero-order valence-corrected chi connectivity index (χ0v) is 23.0. The Morgan fingerprint density at radius 3 is 2.29 bits per heavy atom. The SMILES string of the molecule is CC(C)(C)OC(=O)N1CCN(C(=O)OC2CCCCC2)CC1.Cc1nccn1Cc1cccc(NC=O)c1. The number of ether oxygens (including phenoxy) is 2. The lowest BCUT2D eigenvalue weighted by Crippen LogP contribution is -2.52. The first kappa shape index (κ1) is 29.0. The van der Waals surface area contributed by atoms with Crippen molar-refractivity contribution in [3.05, 3.63) is 48.0 Å². The molecule has 38 heavy (non-hydrogen) atoms. The summed E-state index contributed by atoms with van der Waals surface area (Å²) in [7, 11) is 0. The van der Waals surface area contributed by atoms with Crippen molar-refractivity contribution in [3.8, 4) is 0 Å². The second-order valence-corrected chi connectivity index (χ2v) is 10.7. The Balaban J connectivity index is 0.000000221. The molecule has 0 unspecified atom stereocenters. The fourth-order valence-corrected chi connectivity index (χ4v) is 4.39. The van der Waals surface area contributed by atoms with Crippen LogP contribution in [-0.4, -0.2) is 75.8 Å². The van der Waals surface area contributed by atoms with E-state index in [4.69, 9.17) is 9.47 Å². The topological polar surface area (TPSA) is 106 Å². The molecule has 208 valence electrons. The van der Waals surface area contributed by atoms with Crippen molar-refractivity contribution in [2.45, 2.75) is 78.0 Å². The van der Waals surface area contributed by atoms with Gasteiger partial charge in [-0.1, -0.05) is 18.6 Å². The largest absolute Gasteiger partial charge is 0.446 e. The molecule has 1 N–H and O–H groups in total. The summed E-state index contributed by atoms with van der Waals surface area (Å²) in [6.45, 7) is 10.3. The molecular weight excluding hydrogens is 486 g/mol. The lowest BCUT2D eigenvalue weighted by Gasteiger charge is -2.36. The van der Waals surface area contributed by atoms with Crippen molar-refractivity contribution in [2.75, 3.05) is 31.5 Å². The minimum atomic E-state index is -0.492. The van der Waals surface area contributed by atoms with Gasteiger partial charge in [-0.2, -0.15) is 0 Å². The Labute approximate surface area is 225 Å². The predicted octanol–water partition coefficient (Wildman–Crippen LogP) is 4.82. The van der Waals surface area contributed by atoms with Crippen LogP contribution in [0.4, 0.5) is 15.3 Å². The first-order chi connectivity index (χ1) is 18.1. The van der Waals surface area contributed by atoms with Gasteiger partial charge in [0.25, 0.3) is 0 Å². The molecule has 2 fully saturated rings. The highest BCUT2D eigenvalue weighted by Crippen LogP contribution is 2.21. The van der Waals surface area contributed by atoms with Crippen LogP contribution in [0.1, 0.15) is 64.3 Å². The van der Waals surface area contributed by atoms with Gasteiger partial charge in [-0.25, -0.2) is 14.6 Å². The predicted molar refractivity (Wildman–Crippen MR) is 145 cm³/mol. The number of piperazine rings is 1. The maximum atomic E-state index is 12.1. The van der Waals surface area contributed by atoms with Crippen LogP contribution in [0.25, 0.3) is 0 Å². The van der Waals surface area contributed by atoms with Crippen molar-refractivity contribution in [3.63, 3.8) is 0 Å². The van der Waals surface area contributed by atoms with E-state index in [0.717, 1.165) is 49.3 Å². The summed E-state index contributed by atoms with van der Waals surface area (Å²) in [6.07, 6.45) is 9.40. The van der Waals surface area contributed by atoms with E-state index in [0.29, 0.717) is 32.6 Å². The fraction of sp³-hybridized carbons (Fsp3) is 0.571. The smallest absolute Gasteiger partial charge is 0.410 e. The number of amides is 3. The molecule has 0 radical (unpaired) electrons. The van der Waals surface area contributed by atoms with Gasteiger partial charge in [0.15, 0.2) is 0 Å². The van der Waals surface area contributed by atoms with Crippen LogP contribution >= 0.6 is 0 Å². The number of rotatable bonds is 5. The average molecular weight is 528 g/mol. The lowest BCUT2D eigenvalue weighted by molar-refractivity contribution is -0.105. The Kier molecular flexibility index (Phi) is 10.6. The maximum Gasteiger partial charge on any atom is 0.410 e. The minimum Gasteiger partial charge on any atom is -0.446 e. The van der Waals surface area contributed by atoms with Gasteiger partial charge in [-0.15, -0.1) is 0 Å². The van der Waals surface area contributed by atoms with Crippen molar-refractivity contribution in [1.29, 1.82) is 0 Å². The van der Waals surface area contributed by atoms with Crippen LogP contribution in [0.2, 0.25) is 0 Å². The zero-order valence-electron chi connectivity index (χ0n) is 23.0. The van der Waals surface area contributed by atoms with Crippen LogP contribution in [0.15, 0.2) is 36.7 Å². The average Bonchev–Trinajstić information content (AvgIpc) is 3.28. The molecule has 0 bridgehead atoms. The lowest BCUT2D eigenvalue weighted by atomic mass is 9.98. The first-order valence-corrected chi connectivity index (χ1v) is 13.3. The number of aromatic nitrogens is 2. The summed E-state index contributed by atoms with van der Waals surface area (Å²) in [5.41, 5.74) is 1.45. The van der Waals surface area contributed by atoms with E-state index in [1.807, 2.05) is 58.2 Å². The fourth-order valence-electron chi connectivity index (χ4n) is 4.39. The van der Waals surface area contributed by atoms with E-state index in [9.17, 15) is 14.4 Å². The summed E-state index contributed by atoms with van der Waals surface area (Å²) >= 11 is 0. The number of imidazole rings is 1. The maximum absolute atomic E-state index is 12.1. The first-order valence-electron chi connectivity index (χ1n) is 13.3. The van der Waals surface area contributed by atoms with Crippen molar-refractivity contribution >= 4 is 24.3 Å². The molecule has 3 amide bonds. The van der Waals surface area contributed by atoms with Gasteiger partial charge in [0.2, 0.25) is 6.41 Å². The third kappa shape index (κ3) is 9.39. The van der Waals surface area contributed by atoms with Crippen molar-refractivity contribution in [1.82, 2.24) is 19.4 Å². The van der Waals surface area contributed by atoms with E-state index in [-0.39, 0.29) is 18.3 Å². The van der Waals surface area contributed by atoms with Crippen molar-refractivity contribution in [2.24, 2.45) is 0 Å². The molecule has 1 aliphatic heterocycles. The number of anilines is 1. The van der Waals surface area contributed by atoms with E-state index in [1.165, 1.54) is 6.42 Å². The number of hydrogen-bond donors (Lipinski definition) is 1. The molecule has 10 nitrogen and oxygen atoms in total. The van der Waals surface area contributed by atoms with Gasteiger partial charge in [-0.05, 0) is 71.1 Å². The molecule has 1 saturated heterocycles. The molecule has 4 rings (SSSR count). The number of nitrogens with zero attached hydrogens (tertiary/aromatic N) is 4. The number of aryl methyl sites for hydroxylation is 1. The third-order valence-corrected chi connectivity index (χ3v) is 6.44. The van der Waals surface area contributed by atoms with Gasteiger partial charge >= 0.3 is 12.2 Å². The number of nitrogens with one attached hydrogen (secondary N) is 1. The molecule has 2 heterocycles. The van der Waals surface area contributed by atoms with E-state index < -0.39 is 5.60 Å². The second-order valence-electron chi connectivity index (χ2n) is 10.7. The summed E-state index contributed by atoms with van der Waals surface area (Å²) in [4.78, 5) is 41.9. The molecule has 0 spiro atoms. The molecule has 1 aromatic heterocycles. The molecule has 2 aromatic rings. The van der Waals surface area contributed by atoms with Crippen LogP contribution in [0, 0.1) is 6.92 Å². The van der Waals surface area contributed by atoms with Gasteiger partial charge in [0.05, 0.1) is 0 Å². The molecule has 1 saturated carbocycles. The van der Waals surface area contributed by atoms with E-state index >= 15 is 0 Å². The summed E-state index contributed by atoms with van der Waals surface area (Å²) < 4.78 is 13.0. The summed E-state index contributed by atoms with van der Waals surface area (Å²) in [5.74, 6) is 0.980. The van der Waals surface area contributed by atoms with Crippen LogP contribution < -0.4 is 5.32 Å². The summed E-state index contributed by atoms with van der Waals surface area (Å²) in [5, 5.41) is 2.64. The quantitative estimate of drug-likeness (QED) is 0.559. The minimum absolute atomic E-state index is 0.0742. The van der Waals surface area contributed by atoms with Gasteiger partial charge in [-0.3, -0.25) is 4.79 Å². The Hall–Kier alpha value is -3.56.